The standard InChI is InChI=1S/C21H23NO5/c1-15(16-7-3-2-4-8-16)22-12-6-5-9-18(22)19(23)27-21(10-11-21)20(24)26-17-13-25-14-17/h2-4,6-9,12,15,17H,5,10-11,13-14H2,1H3. The number of allylic oxidation sites excluding steroid dienone is 2. The van der Waals surface area contributed by atoms with Crippen LogP contribution in [0, 0.1) is 0 Å². The van der Waals surface area contributed by atoms with Gasteiger partial charge in [0.05, 0.1) is 19.3 Å². The van der Waals surface area contributed by atoms with Crippen molar-refractivity contribution in [3.8, 4) is 0 Å². The SMILES string of the molecule is CC(c1ccccc1)N1C=CCC=C1C(=O)OC1(C(=O)OC2COC2)CC1. The van der Waals surface area contributed by atoms with Crippen molar-refractivity contribution in [3.63, 3.8) is 0 Å². The van der Waals surface area contributed by atoms with Crippen molar-refractivity contribution in [2.75, 3.05) is 13.2 Å². The molecule has 0 amide bonds. The van der Waals surface area contributed by atoms with Gasteiger partial charge < -0.3 is 19.1 Å². The van der Waals surface area contributed by atoms with E-state index in [4.69, 9.17) is 14.2 Å². The highest BCUT2D eigenvalue weighted by molar-refractivity contribution is 5.93. The number of esters is 2. The molecule has 1 aliphatic carbocycles. The van der Waals surface area contributed by atoms with Gasteiger partial charge in [-0.05, 0) is 25.0 Å². The molecule has 1 aromatic rings. The largest absolute Gasteiger partial charge is 0.454 e. The normalized spacial score (nSPS) is 21.7. The first-order valence-corrected chi connectivity index (χ1v) is 9.31. The smallest absolute Gasteiger partial charge is 0.355 e. The Morgan fingerprint density at radius 3 is 2.59 bits per heavy atom. The predicted octanol–water partition coefficient (Wildman–Crippen LogP) is 2.87. The minimum Gasteiger partial charge on any atom is -0.454 e. The van der Waals surface area contributed by atoms with Crippen molar-refractivity contribution in [1.82, 2.24) is 4.90 Å². The van der Waals surface area contributed by atoms with Gasteiger partial charge in [0.1, 0.15) is 11.8 Å². The third kappa shape index (κ3) is 3.62. The number of rotatable bonds is 6. The Kier molecular flexibility index (Phi) is 4.74. The number of benzene rings is 1. The Morgan fingerprint density at radius 2 is 1.96 bits per heavy atom. The van der Waals surface area contributed by atoms with Crippen LogP contribution < -0.4 is 0 Å². The van der Waals surface area contributed by atoms with Gasteiger partial charge in [-0.15, -0.1) is 0 Å². The van der Waals surface area contributed by atoms with Gasteiger partial charge in [-0.25, -0.2) is 9.59 Å². The molecule has 2 heterocycles. The highest BCUT2D eigenvalue weighted by Gasteiger charge is 2.57. The third-order valence-corrected chi connectivity index (χ3v) is 5.15. The number of nitrogens with zero attached hydrogens (tertiary/aromatic N) is 1. The molecule has 142 valence electrons. The lowest BCUT2D eigenvalue weighted by atomic mass is 10.1. The molecule has 0 spiro atoms. The lowest BCUT2D eigenvalue weighted by Gasteiger charge is -2.32. The summed E-state index contributed by atoms with van der Waals surface area (Å²) in [4.78, 5) is 27.1. The summed E-state index contributed by atoms with van der Waals surface area (Å²) in [6.07, 6.45) is 7.17. The highest BCUT2D eigenvalue weighted by atomic mass is 16.6. The average molecular weight is 369 g/mol. The number of ether oxygens (including phenoxy) is 3. The van der Waals surface area contributed by atoms with Crippen molar-refractivity contribution in [1.29, 1.82) is 0 Å². The van der Waals surface area contributed by atoms with E-state index in [1.165, 1.54) is 0 Å². The van der Waals surface area contributed by atoms with Crippen LogP contribution in [-0.4, -0.2) is 41.8 Å². The summed E-state index contributed by atoms with van der Waals surface area (Å²) < 4.78 is 16.0. The Bertz CT molecular complexity index is 777. The zero-order valence-electron chi connectivity index (χ0n) is 15.3. The van der Waals surface area contributed by atoms with Crippen molar-refractivity contribution in [2.24, 2.45) is 0 Å². The van der Waals surface area contributed by atoms with Gasteiger partial charge in [-0.2, -0.15) is 0 Å². The van der Waals surface area contributed by atoms with Gasteiger partial charge in [0.25, 0.3) is 0 Å². The highest BCUT2D eigenvalue weighted by Crippen LogP contribution is 2.42. The van der Waals surface area contributed by atoms with Crippen molar-refractivity contribution in [3.05, 3.63) is 59.9 Å². The maximum Gasteiger partial charge on any atom is 0.355 e. The number of carbonyl (C=O) groups is 2. The molecule has 1 saturated carbocycles. The topological polar surface area (TPSA) is 65.1 Å². The van der Waals surface area contributed by atoms with E-state index in [0.29, 0.717) is 38.2 Å². The molecular weight excluding hydrogens is 346 g/mol. The predicted molar refractivity (Wildman–Crippen MR) is 97.3 cm³/mol. The second-order valence-corrected chi connectivity index (χ2v) is 7.15. The molecule has 27 heavy (non-hydrogen) atoms. The lowest BCUT2D eigenvalue weighted by molar-refractivity contribution is -0.189. The molecule has 2 fully saturated rings. The number of hydrogen-bond acceptors (Lipinski definition) is 6. The summed E-state index contributed by atoms with van der Waals surface area (Å²) in [5.74, 6) is -0.944. The van der Waals surface area contributed by atoms with Crippen molar-refractivity contribution < 1.29 is 23.8 Å². The van der Waals surface area contributed by atoms with Gasteiger partial charge in [-0.1, -0.05) is 36.4 Å². The Hall–Kier alpha value is -2.60. The molecule has 4 rings (SSSR count). The van der Waals surface area contributed by atoms with Crippen LogP contribution >= 0.6 is 0 Å². The quantitative estimate of drug-likeness (QED) is 0.719. The fraction of sp³-hybridized carbons (Fsp3) is 0.429. The van der Waals surface area contributed by atoms with Crippen molar-refractivity contribution >= 4 is 11.9 Å². The van der Waals surface area contributed by atoms with E-state index in [-0.39, 0.29) is 12.1 Å². The molecule has 0 N–H and O–H groups in total. The molecule has 1 atom stereocenters. The minimum absolute atomic E-state index is 0.0317. The molecule has 1 saturated heterocycles. The molecule has 6 heteroatoms. The lowest BCUT2D eigenvalue weighted by Crippen LogP contribution is -2.43. The summed E-state index contributed by atoms with van der Waals surface area (Å²) in [7, 11) is 0. The van der Waals surface area contributed by atoms with E-state index in [1.807, 2.05) is 60.5 Å². The van der Waals surface area contributed by atoms with Crippen LogP contribution in [0.25, 0.3) is 0 Å². The van der Waals surface area contributed by atoms with Gasteiger partial charge in [0.15, 0.2) is 0 Å². The van der Waals surface area contributed by atoms with Gasteiger partial charge in [0.2, 0.25) is 5.60 Å². The van der Waals surface area contributed by atoms with Crippen LogP contribution in [-0.2, 0) is 23.8 Å². The molecule has 1 unspecified atom stereocenters. The summed E-state index contributed by atoms with van der Waals surface area (Å²) >= 11 is 0. The van der Waals surface area contributed by atoms with E-state index in [0.717, 1.165) is 5.56 Å². The average Bonchev–Trinajstić information content (AvgIpc) is 3.45. The van der Waals surface area contributed by atoms with Crippen LogP contribution in [0.2, 0.25) is 0 Å². The molecule has 0 aromatic heterocycles. The zero-order valence-corrected chi connectivity index (χ0v) is 15.3. The summed E-state index contributed by atoms with van der Waals surface area (Å²) in [6.45, 7) is 2.85. The summed E-state index contributed by atoms with van der Waals surface area (Å²) in [5.41, 5.74) is 0.421. The number of carbonyl (C=O) groups excluding carboxylic acids is 2. The van der Waals surface area contributed by atoms with Crippen LogP contribution in [0.3, 0.4) is 0 Å². The molecular formula is C21H23NO5. The van der Waals surface area contributed by atoms with Gasteiger partial charge >= 0.3 is 11.9 Å². The Morgan fingerprint density at radius 1 is 1.22 bits per heavy atom. The molecule has 0 bridgehead atoms. The first-order chi connectivity index (χ1) is 13.1. The van der Waals surface area contributed by atoms with E-state index in [2.05, 4.69) is 0 Å². The molecule has 0 radical (unpaired) electrons. The maximum atomic E-state index is 12.9. The monoisotopic (exact) mass is 369 g/mol. The molecule has 6 nitrogen and oxygen atoms in total. The van der Waals surface area contributed by atoms with Crippen LogP contribution in [0.1, 0.15) is 37.8 Å². The minimum atomic E-state index is -1.13. The summed E-state index contributed by atoms with van der Waals surface area (Å²) in [6, 6.07) is 9.92. The fourth-order valence-corrected chi connectivity index (χ4v) is 3.19. The zero-order chi connectivity index (χ0) is 18.9. The van der Waals surface area contributed by atoms with Crippen LogP contribution in [0.15, 0.2) is 54.4 Å². The van der Waals surface area contributed by atoms with Gasteiger partial charge in [-0.3, -0.25) is 0 Å². The van der Waals surface area contributed by atoms with Crippen LogP contribution in [0.4, 0.5) is 0 Å². The molecule has 2 aliphatic heterocycles. The Labute approximate surface area is 158 Å². The summed E-state index contributed by atoms with van der Waals surface area (Å²) in [5, 5.41) is 0. The van der Waals surface area contributed by atoms with E-state index in [9.17, 15) is 9.59 Å². The second kappa shape index (κ2) is 7.19. The molecule has 3 aliphatic rings. The molecule has 1 aromatic carbocycles. The first kappa shape index (κ1) is 17.8. The van der Waals surface area contributed by atoms with E-state index < -0.39 is 17.5 Å². The van der Waals surface area contributed by atoms with Gasteiger partial charge in [0, 0.05) is 19.0 Å². The Balaban J connectivity index is 1.45. The van der Waals surface area contributed by atoms with Crippen LogP contribution in [0.5, 0.6) is 0 Å². The van der Waals surface area contributed by atoms with Crippen molar-refractivity contribution in [2.45, 2.75) is 43.9 Å². The van der Waals surface area contributed by atoms with E-state index >= 15 is 0 Å². The maximum absolute atomic E-state index is 12.9. The first-order valence-electron chi connectivity index (χ1n) is 9.31. The fourth-order valence-electron chi connectivity index (χ4n) is 3.19. The number of hydrogen-bond donors (Lipinski definition) is 0. The van der Waals surface area contributed by atoms with E-state index in [1.54, 1.807) is 0 Å². The second-order valence-electron chi connectivity index (χ2n) is 7.15. The third-order valence-electron chi connectivity index (χ3n) is 5.15.